The minimum Gasteiger partial charge on any atom is -0.394 e. The highest BCUT2D eigenvalue weighted by Gasteiger charge is 2.50. The minimum atomic E-state index is -1.78. The van der Waals surface area contributed by atoms with Gasteiger partial charge in [-0.05, 0) is 18.2 Å². The fourth-order valence-electron chi connectivity index (χ4n) is 4.11. The Morgan fingerprint density at radius 1 is 0.811 bits per heavy atom. The summed E-state index contributed by atoms with van der Waals surface area (Å²) in [6.07, 6.45) is -15.6. The summed E-state index contributed by atoms with van der Waals surface area (Å²) in [6, 6.07) is 4.49. The van der Waals surface area contributed by atoms with Crippen LogP contribution in [-0.2, 0) is 23.8 Å². The van der Waals surface area contributed by atoms with Gasteiger partial charge in [-0.25, -0.2) is 0 Å². The monoisotopic (exact) mass is 531 g/mol. The molecule has 1 aromatic carbocycles. The quantitative estimate of drug-likeness (QED) is 0.158. The zero-order valence-corrected chi connectivity index (χ0v) is 20.1. The van der Waals surface area contributed by atoms with Crippen molar-refractivity contribution in [2.75, 3.05) is 29.2 Å². The van der Waals surface area contributed by atoms with E-state index in [9.17, 15) is 45.3 Å². The molecule has 10 atom stereocenters. The number of carbonyl (C=O) groups is 2. The van der Waals surface area contributed by atoms with Crippen LogP contribution in [0.4, 0.5) is 17.1 Å². The van der Waals surface area contributed by atoms with Gasteiger partial charge in [0, 0.05) is 19.5 Å². The zero-order valence-electron chi connectivity index (χ0n) is 20.1. The molecule has 3 rings (SSSR count). The highest BCUT2D eigenvalue weighted by Crippen LogP contribution is 2.32. The first kappa shape index (κ1) is 29.1. The topological polar surface area (TPSA) is 240 Å². The van der Waals surface area contributed by atoms with Crippen LogP contribution in [0.25, 0.3) is 0 Å². The standard InChI is InChI=1S/C22H33N3O12/c1-8(28)23-10-3-4-11(24-9(2)29)12(5-10)25-21-18(33)17(32)20(14(7-27)35-21)37-22-19(34)16(31)15(30)13(6-26)36-22/h3-5,13-22,25-27,30-34H,6-7H2,1-2H3,(H,23,28)(H,24,29)/t13-,14-,15+,16+,17-,18-,19-,20+,21+,22-/m0/s1. The van der Waals surface area contributed by atoms with Crippen molar-refractivity contribution in [3.8, 4) is 0 Å². The first-order valence-corrected chi connectivity index (χ1v) is 11.5. The van der Waals surface area contributed by atoms with Crippen LogP contribution < -0.4 is 16.0 Å². The second-order valence-electron chi connectivity index (χ2n) is 8.82. The highest BCUT2D eigenvalue weighted by molar-refractivity contribution is 5.95. The minimum absolute atomic E-state index is 0.211. The molecule has 2 aliphatic rings. The maximum absolute atomic E-state index is 11.6. The highest BCUT2D eigenvalue weighted by atomic mass is 16.7. The van der Waals surface area contributed by atoms with Crippen LogP contribution in [0, 0.1) is 0 Å². The Kier molecular flexibility index (Phi) is 9.76. The lowest BCUT2D eigenvalue weighted by Crippen LogP contribution is -2.65. The summed E-state index contributed by atoms with van der Waals surface area (Å²) in [5.74, 6) is -0.752. The number of amides is 2. The first-order chi connectivity index (χ1) is 17.5. The van der Waals surface area contributed by atoms with E-state index in [0.29, 0.717) is 5.69 Å². The second kappa shape index (κ2) is 12.4. The number of nitrogens with one attached hydrogen (secondary N) is 3. The van der Waals surface area contributed by atoms with Gasteiger partial charge >= 0.3 is 0 Å². The molecule has 2 heterocycles. The molecular weight excluding hydrogens is 498 g/mol. The summed E-state index contributed by atoms with van der Waals surface area (Å²) in [4.78, 5) is 23.1. The number of anilines is 3. The molecule has 15 heteroatoms. The van der Waals surface area contributed by atoms with Crippen molar-refractivity contribution in [3.05, 3.63) is 18.2 Å². The number of ether oxygens (including phenoxy) is 3. The first-order valence-electron chi connectivity index (χ1n) is 11.5. The molecule has 0 saturated carbocycles. The molecule has 2 saturated heterocycles. The van der Waals surface area contributed by atoms with Gasteiger partial charge in [-0.3, -0.25) is 9.59 Å². The molecule has 2 amide bonds. The van der Waals surface area contributed by atoms with Gasteiger partial charge in [-0.15, -0.1) is 0 Å². The molecule has 2 aliphatic heterocycles. The number of rotatable bonds is 8. The zero-order chi connectivity index (χ0) is 27.4. The van der Waals surface area contributed by atoms with E-state index < -0.39 is 80.5 Å². The van der Waals surface area contributed by atoms with Crippen molar-refractivity contribution < 1.29 is 59.5 Å². The average Bonchev–Trinajstić information content (AvgIpc) is 2.84. The lowest BCUT2D eigenvalue weighted by atomic mass is 9.96. The summed E-state index contributed by atoms with van der Waals surface area (Å²) in [6.45, 7) is 1.17. The smallest absolute Gasteiger partial charge is 0.221 e. The van der Waals surface area contributed by atoms with Crippen molar-refractivity contribution in [3.63, 3.8) is 0 Å². The van der Waals surface area contributed by atoms with Crippen LogP contribution in [-0.4, -0.2) is 122 Å². The largest absolute Gasteiger partial charge is 0.394 e. The molecule has 2 fully saturated rings. The summed E-state index contributed by atoms with van der Waals surface area (Å²) in [5, 5.41) is 78.9. The average molecular weight is 532 g/mol. The van der Waals surface area contributed by atoms with Gasteiger partial charge in [0.15, 0.2) is 12.5 Å². The van der Waals surface area contributed by atoms with E-state index in [4.69, 9.17) is 14.2 Å². The molecular formula is C22H33N3O12. The lowest BCUT2D eigenvalue weighted by molar-refractivity contribution is -0.340. The Bertz CT molecular complexity index is 947. The van der Waals surface area contributed by atoms with Crippen molar-refractivity contribution in [1.29, 1.82) is 0 Å². The molecule has 1 aromatic rings. The molecule has 15 nitrogen and oxygen atoms in total. The molecule has 0 spiro atoms. The van der Waals surface area contributed by atoms with E-state index in [0.717, 1.165) is 0 Å². The van der Waals surface area contributed by atoms with Crippen molar-refractivity contribution in [2.45, 2.75) is 75.2 Å². The third kappa shape index (κ3) is 6.71. The molecule has 0 unspecified atom stereocenters. The Morgan fingerprint density at radius 3 is 2.05 bits per heavy atom. The summed E-state index contributed by atoms with van der Waals surface area (Å²) in [5.41, 5.74) is 0.840. The fraction of sp³-hybridized carbons (Fsp3) is 0.636. The van der Waals surface area contributed by atoms with Crippen molar-refractivity contribution in [1.82, 2.24) is 0 Å². The number of hydrogen-bond acceptors (Lipinski definition) is 13. The molecule has 0 aromatic heterocycles. The Balaban J connectivity index is 1.80. The van der Waals surface area contributed by atoms with Crippen LogP contribution >= 0.6 is 0 Å². The van der Waals surface area contributed by atoms with E-state index in [1.54, 1.807) is 0 Å². The van der Waals surface area contributed by atoms with E-state index in [1.165, 1.54) is 32.0 Å². The SMILES string of the molecule is CC(=O)Nc1ccc(NC(C)=O)c(N[C@@H]2O[C@@H](CO)[C@@H](O[C@@H]3O[C@@H](CO)[C@@H](O)[C@@H](O)[C@@H]3O)[C@@H](O)[C@@H]2O)c1. The van der Waals surface area contributed by atoms with Gasteiger partial charge in [0.2, 0.25) is 11.8 Å². The van der Waals surface area contributed by atoms with E-state index in [1.807, 2.05) is 0 Å². The van der Waals surface area contributed by atoms with Crippen LogP contribution in [0.3, 0.4) is 0 Å². The molecule has 37 heavy (non-hydrogen) atoms. The van der Waals surface area contributed by atoms with Gasteiger partial charge in [0.25, 0.3) is 0 Å². The molecule has 0 bridgehead atoms. The molecule has 208 valence electrons. The summed E-state index contributed by atoms with van der Waals surface area (Å²) < 4.78 is 16.5. The maximum Gasteiger partial charge on any atom is 0.221 e. The third-order valence-electron chi connectivity index (χ3n) is 5.95. The van der Waals surface area contributed by atoms with Crippen LogP contribution in [0.5, 0.6) is 0 Å². The predicted octanol–water partition coefficient (Wildman–Crippen LogP) is -3.36. The number of aliphatic hydroxyl groups is 7. The third-order valence-corrected chi connectivity index (χ3v) is 5.95. The van der Waals surface area contributed by atoms with Gasteiger partial charge in [-0.1, -0.05) is 0 Å². The Labute approximate surface area is 211 Å². The van der Waals surface area contributed by atoms with Gasteiger partial charge < -0.3 is 65.9 Å². The van der Waals surface area contributed by atoms with Crippen LogP contribution in [0.1, 0.15) is 13.8 Å². The number of hydrogen-bond donors (Lipinski definition) is 10. The summed E-state index contributed by atoms with van der Waals surface area (Å²) >= 11 is 0. The fourth-order valence-corrected chi connectivity index (χ4v) is 4.11. The molecule has 0 aliphatic carbocycles. The van der Waals surface area contributed by atoms with Crippen molar-refractivity contribution in [2.24, 2.45) is 0 Å². The number of aliphatic hydroxyl groups excluding tert-OH is 7. The Hall–Kier alpha value is -2.44. The summed E-state index contributed by atoms with van der Waals surface area (Å²) in [7, 11) is 0. The van der Waals surface area contributed by atoms with Crippen molar-refractivity contribution >= 4 is 28.9 Å². The van der Waals surface area contributed by atoms with Gasteiger partial charge in [0.1, 0.15) is 48.8 Å². The normalized spacial score (nSPS) is 36.0. The maximum atomic E-state index is 11.6. The molecule has 10 N–H and O–H groups in total. The Morgan fingerprint density at radius 2 is 1.46 bits per heavy atom. The predicted molar refractivity (Wildman–Crippen MR) is 125 cm³/mol. The number of benzene rings is 1. The van der Waals surface area contributed by atoms with Crippen LogP contribution in [0.2, 0.25) is 0 Å². The van der Waals surface area contributed by atoms with Crippen LogP contribution in [0.15, 0.2) is 18.2 Å². The van der Waals surface area contributed by atoms with E-state index >= 15 is 0 Å². The number of carbonyl (C=O) groups excluding carboxylic acids is 2. The van der Waals surface area contributed by atoms with E-state index in [2.05, 4.69) is 16.0 Å². The second-order valence-corrected chi connectivity index (χ2v) is 8.82. The van der Waals surface area contributed by atoms with Gasteiger partial charge in [0.05, 0.1) is 24.6 Å². The lowest BCUT2D eigenvalue weighted by Gasteiger charge is -2.46. The van der Waals surface area contributed by atoms with Gasteiger partial charge in [-0.2, -0.15) is 0 Å². The molecule has 0 radical (unpaired) electrons. The van der Waals surface area contributed by atoms with E-state index in [-0.39, 0.29) is 17.3 Å².